The van der Waals surface area contributed by atoms with Gasteiger partial charge in [0.2, 0.25) is 0 Å². The summed E-state index contributed by atoms with van der Waals surface area (Å²) < 4.78 is 83.3. The van der Waals surface area contributed by atoms with Crippen LogP contribution in [0.15, 0.2) is 173 Å². The van der Waals surface area contributed by atoms with Gasteiger partial charge in [0.15, 0.2) is 39.4 Å². The Balaban J connectivity index is 0.000000172. The second kappa shape index (κ2) is 28.5. The summed E-state index contributed by atoms with van der Waals surface area (Å²) in [5.41, 5.74) is -7.39. The van der Waals surface area contributed by atoms with Crippen LogP contribution in [0.3, 0.4) is 0 Å². The van der Waals surface area contributed by atoms with Crippen molar-refractivity contribution in [2.75, 3.05) is 25.1 Å². The molecule has 0 aliphatic rings. The van der Waals surface area contributed by atoms with Crippen LogP contribution in [-0.2, 0) is 44.1 Å². The third-order valence-electron chi connectivity index (χ3n) is 11.9. The molecule has 30 heteroatoms. The van der Waals surface area contributed by atoms with Gasteiger partial charge in [-0.3, -0.25) is 14.4 Å². The number of halogens is 3. The van der Waals surface area contributed by atoms with Gasteiger partial charge in [0.25, 0.3) is 0 Å². The van der Waals surface area contributed by atoms with E-state index >= 15 is 0 Å². The third kappa shape index (κ3) is 14.4. The quantitative estimate of drug-likeness (QED) is 0.0379. The van der Waals surface area contributed by atoms with Gasteiger partial charge in [-0.15, -0.1) is 14.2 Å². The Labute approximate surface area is 494 Å². The molecule has 0 fully saturated rings. The van der Waals surface area contributed by atoms with Crippen molar-refractivity contribution < 1.29 is 74.0 Å². The van der Waals surface area contributed by atoms with Crippen molar-refractivity contribution in [2.24, 2.45) is 0 Å². The number of aromatic nitrogens is 9. The highest BCUT2D eigenvalue weighted by Crippen LogP contribution is 2.33. The van der Waals surface area contributed by atoms with Gasteiger partial charge in [0, 0.05) is 24.3 Å². The molecule has 0 bridgehead atoms. The molecular formula is C58H49F3N10O16S. The number of para-hydroxylation sites is 1. The summed E-state index contributed by atoms with van der Waals surface area (Å²) in [7, 11) is -6.25. The van der Waals surface area contributed by atoms with E-state index in [1.807, 2.05) is 91.0 Å². The molecule has 10 aromatic rings. The third-order valence-corrected chi connectivity index (χ3v) is 12.8. The lowest BCUT2D eigenvalue weighted by atomic mass is 10.1. The molecule has 0 aliphatic carbocycles. The average Bonchev–Trinajstić information content (AvgIpc) is 2.25. The number of alkyl halides is 3. The summed E-state index contributed by atoms with van der Waals surface area (Å²) >= 11 is 0. The van der Waals surface area contributed by atoms with Gasteiger partial charge in [-0.25, -0.2) is 44.3 Å². The molecule has 454 valence electrons. The fraction of sp³-hybridized carbons (Fsp3) is 0.172. The molecule has 0 spiro atoms. The largest absolute Gasteiger partial charge is 0.534 e. The van der Waals surface area contributed by atoms with E-state index in [0.29, 0.717) is 21.4 Å². The van der Waals surface area contributed by atoms with Crippen molar-refractivity contribution in [1.29, 1.82) is 0 Å². The Morgan fingerprint density at radius 2 is 0.864 bits per heavy atom. The van der Waals surface area contributed by atoms with E-state index in [9.17, 15) is 55.5 Å². The number of fused-ring (bicyclic) bond motifs is 3. The molecule has 26 nitrogen and oxygen atoms in total. The minimum Gasteiger partial charge on any atom is -0.506 e. The fourth-order valence-electron chi connectivity index (χ4n) is 7.96. The Hall–Kier alpha value is -11.3. The smallest absolute Gasteiger partial charge is 0.506 e. The van der Waals surface area contributed by atoms with Gasteiger partial charge < -0.3 is 43.3 Å². The number of aromatic hydroxyl groups is 1. The fourth-order valence-corrected chi connectivity index (χ4v) is 8.45. The molecule has 0 radical (unpaired) electrons. The predicted molar refractivity (Wildman–Crippen MR) is 306 cm³/mol. The van der Waals surface area contributed by atoms with E-state index < -0.39 is 83.9 Å². The van der Waals surface area contributed by atoms with Crippen molar-refractivity contribution in [3.8, 4) is 11.5 Å². The lowest BCUT2D eigenvalue weighted by Crippen LogP contribution is -2.35. The van der Waals surface area contributed by atoms with Crippen molar-refractivity contribution in [3.63, 3.8) is 0 Å². The predicted octanol–water partition coefficient (Wildman–Crippen LogP) is 6.47. The second-order valence-electron chi connectivity index (χ2n) is 17.7. The number of nitrogens with zero attached hydrogens (tertiary/aromatic N) is 9. The summed E-state index contributed by atoms with van der Waals surface area (Å²) in [6, 6.07) is 36.2. The highest BCUT2D eigenvalue weighted by molar-refractivity contribution is 7.88. The van der Waals surface area contributed by atoms with Crippen molar-refractivity contribution >= 4 is 72.5 Å². The Morgan fingerprint density at radius 3 is 1.30 bits per heavy atom. The van der Waals surface area contributed by atoms with E-state index in [4.69, 9.17) is 28.7 Å². The number of hydrogen-bond donors (Lipinski definition) is 2. The number of carbonyl (C=O) groups is 3. The number of pyridine rings is 3. The number of carbonyl (C=O) groups excluding carboxylic acids is 3. The first kappa shape index (κ1) is 62.7. The number of anilines is 2. The van der Waals surface area contributed by atoms with E-state index in [2.05, 4.69) is 39.4 Å². The molecular weight excluding hydrogens is 1180 g/mol. The monoisotopic (exact) mass is 1230 g/mol. The maximum atomic E-state index is 13.4. The molecule has 0 amide bonds. The molecule has 6 aromatic heterocycles. The van der Waals surface area contributed by atoms with Crippen molar-refractivity contribution in [3.05, 3.63) is 223 Å². The minimum absolute atomic E-state index is 0.0569. The first-order valence-corrected chi connectivity index (χ1v) is 27.5. The zero-order chi connectivity index (χ0) is 63.0. The van der Waals surface area contributed by atoms with Crippen LogP contribution in [0.5, 0.6) is 11.5 Å². The first-order valence-electron chi connectivity index (χ1n) is 26.1. The number of rotatable bonds is 19. The molecule has 4 aromatic carbocycles. The topological polar surface area (TPSA) is 326 Å². The van der Waals surface area contributed by atoms with Gasteiger partial charge in [-0.05, 0) is 49.6 Å². The highest BCUT2D eigenvalue weighted by atomic mass is 32.2. The van der Waals surface area contributed by atoms with Gasteiger partial charge in [0.05, 0.1) is 41.7 Å². The summed E-state index contributed by atoms with van der Waals surface area (Å²) in [6.45, 7) is 4.57. The van der Waals surface area contributed by atoms with Crippen LogP contribution in [0.25, 0.3) is 33.1 Å². The molecule has 10 rings (SSSR count). The minimum atomic E-state index is -6.25. The SMILES string of the molecule is CCOC(=O)c1c(Nc2ccccc2)c2cncnc2n(OCc2ccccc2)c1=O.CCOC(=O)c1c(O)c2cncnc2n(OCc2ccccc2)c1=O.CCOC(=O)c1c(OS(=O)(=O)C(F)(F)F)c2cncnc2n(OCc2ccccc2)c1=O. The maximum Gasteiger partial charge on any atom is 0.534 e. The van der Waals surface area contributed by atoms with Crippen LogP contribution in [0.1, 0.15) is 68.5 Å². The summed E-state index contributed by atoms with van der Waals surface area (Å²) in [4.78, 5) is 117. The standard InChI is InChI=1S/C23H20N4O4.C18H14F3N3O7S.C17H15N3O5/c1-2-30-23(29)19-20(26-17-11-7-4-8-12-17)18-13-24-15-25-21(18)27(22(19)28)31-14-16-9-5-3-6-10-16;1-2-29-17(26)13-14(31-32(27,28)18(19,20)21)12-8-22-10-23-15(12)24(16(13)25)30-9-11-6-4-3-5-7-11;1-2-24-17(23)13-14(21)12-8-18-10-19-15(12)20(16(13)22)25-9-11-6-4-3-5-7-11/h3-13,15,26H,2,14H2,1H3;3-8,10H,2,9H2,1H3;3-8,10,21H,2,9H2,1H3. The number of ether oxygens (including phenoxy) is 3. The van der Waals surface area contributed by atoms with Crippen LogP contribution >= 0.6 is 0 Å². The van der Waals surface area contributed by atoms with E-state index in [0.717, 1.165) is 33.1 Å². The zero-order valence-electron chi connectivity index (χ0n) is 46.4. The molecule has 0 unspecified atom stereocenters. The van der Waals surface area contributed by atoms with Gasteiger partial charge in [-0.2, -0.15) is 21.6 Å². The van der Waals surface area contributed by atoms with Crippen molar-refractivity contribution in [1.82, 2.24) is 44.1 Å². The maximum absolute atomic E-state index is 13.4. The lowest BCUT2D eigenvalue weighted by molar-refractivity contribution is -0.0500. The Bertz CT molecular complexity index is 4430. The summed E-state index contributed by atoms with van der Waals surface area (Å²) in [6.07, 6.45) is 7.17. The molecule has 6 heterocycles. The normalized spacial score (nSPS) is 11.1. The lowest BCUT2D eigenvalue weighted by Gasteiger charge is -2.17. The van der Waals surface area contributed by atoms with E-state index in [-0.39, 0.29) is 67.6 Å². The van der Waals surface area contributed by atoms with Crippen LogP contribution in [0.4, 0.5) is 24.5 Å². The molecule has 0 atom stereocenters. The second-order valence-corrected chi connectivity index (χ2v) is 19.2. The molecule has 0 saturated heterocycles. The Morgan fingerprint density at radius 1 is 0.511 bits per heavy atom. The Kier molecular flexibility index (Phi) is 20.3. The van der Waals surface area contributed by atoms with Gasteiger partial charge in [-0.1, -0.05) is 109 Å². The zero-order valence-corrected chi connectivity index (χ0v) is 47.2. The molecule has 2 N–H and O–H groups in total. The number of benzene rings is 4. The number of esters is 3. The molecule has 0 aliphatic heterocycles. The van der Waals surface area contributed by atoms with E-state index in [1.165, 1.54) is 32.0 Å². The van der Waals surface area contributed by atoms with Crippen LogP contribution in [0.2, 0.25) is 0 Å². The number of hydrogen-bond acceptors (Lipinski definition) is 23. The summed E-state index contributed by atoms with van der Waals surface area (Å²) in [5, 5.41) is 13.5. The average molecular weight is 1230 g/mol. The van der Waals surface area contributed by atoms with E-state index in [1.54, 1.807) is 44.2 Å². The molecule has 88 heavy (non-hydrogen) atoms. The van der Waals surface area contributed by atoms with Crippen molar-refractivity contribution in [2.45, 2.75) is 46.1 Å². The molecule has 0 saturated carbocycles. The number of nitrogens with one attached hydrogen (secondary N) is 1. The van der Waals surface area contributed by atoms with Crippen LogP contribution in [0, 0.1) is 0 Å². The van der Waals surface area contributed by atoms with Crippen LogP contribution < -0.4 is 40.7 Å². The van der Waals surface area contributed by atoms with Gasteiger partial charge in [0.1, 0.15) is 44.6 Å². The highest BCUT2D eigenvalue weighted by Gasteiger charge is 2.50. The summed E-state index contributed by atoms with van der Waals surface area (Å²) in [5.74, 6) is -4.87. The van der Waals surface area contributed by atoms with Crippen LogP contribution in [-0.4, -0.2) is 101 Å². The first-order chi connectivity index (χ1) is 42.4. The van der Waals surface area contributed by atoms with Gasteiger partial charge >= 0.3 is 50.2 Å².